The topological polar surface area (TPSA) is 61.4 Å². The maximum atomic E-state index is 11.4. The zero-order valence-corrected chi connectivity index (χ0v) is 9.53. The number of H-pyrrole nitrogens is 1. The summed E-state index contributed by atoms with van der Waals surface area (Å²) in [7, 11) is 1.87. The summed E-state index contributed by atoms with van der Waals surface area (Å²) in [6, 6.07) is 0. The lowest BCUT2D eigenvalue weighted by atomic mass is 10.1. The lowest BCUT2D eigenvalue weighted by Gasteiger charge is -2.33. The second-order valence-electron chi connectivity index (χ2n) is 4.29. The summed E-state index contributed by atoms with van der Waals surface area (Å²) in [4.78, 5) is 23.6. The van der Waals surface area contributed by atoms with Crippen LogP contribution in [0.1, 0.15) is 20.8 Å². The van der Waals surface area contributed by atoms with Gasteiger partial charge in [0, 0.05) is 12.6 Å². The van der Waals surface area contributed by atoms with Crippen LogP contribution in [-0.4, -0.2) is 29.3 Å². The van der Waals surface area contributed by atoms with Crippen molar-refractivity contribution in [3.05, 3.63) is 16.7 Å². The lowest BCUT2D eigenvalue weighted by Crippen LogP contribution is -2.39. The third kappa shape index (κ3) is 2.23. The maximum absolute atomic E-state index is 11.4. The van der Waals surface area contributed by atoms with Crippen LogP contribution in [0.2, 0.25) is 0 Å². The van der Waals surface area contributed by atoms with E-state index in [0.717, 1.165) is 0 Å². The molecule has 0 spiro atoms. The van der Waals surface area contributed by atoms with Crippen LogP contribution in [0.3, 0.4) is 0 Å². The Morgan fingerprint density at radius 3 is 2.60 bits per heavy atom. The molecular weight excluding hydrogens is 192 g/mol. The highest BCUT2D eigenvalue weighted by atomic mass is 16.1. The van der Waals surface area contributed by atoms with Crippen LogP contribution in [0, 0.1) is 0 Å². The second-order valence-corrected chi connectivity index (χ2v) is 4.29. The van der Waals surface area contributed by atoms with Crippen molar-refractivity contribution in [3.63, 3.8) is 0 Å². The normalized spacial score (nSPS) is 11.2. The minimum absolute atomic E-state index is 0.125. The van der Waals surface area contributed by atoms with Crippen LogP contribution in [-0.2, 0) is 0 Å². The van der Waals surface area contributed by atoms with Crippen molar-refractivity contribution in [2.45, 2.75) is 26.3 Å². The summed E-state index contributed by atoms with van der Waals surface area (Å²) >= 11 is 0. The predicted octanol–water partition coefficient (Wildman–Crippen LogP) is 1.34. The van der Waals surface area contributed by atoms with E-state index in [2.05, 4.69) is 21.7 Å². The van der Waals surface area contributed by atoms with Gasteiger partial charge >= 0.3 is 0 Å². The molecule has 0 fully saturated rings. The predicted molar refractivity (Wildman–Crippen MR) is 62.2 cm³/mol. The monoisotopic (exact) mass is 208 g/mol. The number of nitrogens with one attached hydrogen (secondary N) is 1. The van der Waals surface area contributed by atoms with Gasteiger partial charge in [-0.05, 0) is 27.5 Å². The second kappa shape index (κ2) is 3.84. The van der Waals surface area contributed by atoms with E-state index in [1.54, 1.807) is 0 Å². The van der Waals surface area contributed by atoms with Gasteiger partial charge in [0.1, 0.15) is 0 Å². The minimum atomic E-state index is -0.272. The number of aromatic amines is 1. The largest absolute Gasteiger partial charge is 0.353 e. The molecule has 1 heterocycles. The molecule has 0 aliphatic rings. The standard InChI is InChI=1S/C10H16N4O/c1-10(2,3)14(5)8-7(11-4)9(15)13-6-12-8/h6H,4H2,1-3,5H3,(H,12,13,15). The van der Waals surface area contributed by atoms with Crippen molar-refractivity contribution in [1.29, 1.82) is 0 Å². The summed E-state index contributed by atoms with van der Waals surface area (Å²) in [5.74, 6) is 0.543. The zero-order chi connectivity index (χ0) is 11.6. The van der Waals surface area contributed by atoms with E-state index in [9.17, 15) is 4.79 Å². The molecule has 0 aliphatic carbocycles. The van der Waals surface area contributed by atoms with Crippen LogP contribution in [0.25, 0.3) is 0 Å². The molecule has 0 unspecified atom stereocenters. The third-order valence-corrected chi connectivity index (χ3v) is 2.29. The van der Waals surface area contributed by atoms with E-state index in [0.29, 0.717) is 5.82 Å². The van der Waals surface area contributed by atoms with E-state index in [1.807, 2.05) is 32.7 Å². The molecule has 0 aromatic carbocycles. The van der Waals surface area contributed by atoms with Gasteiger partial charge in [-0.1, -0.05) is 0 Å². The van der Waals surface area contributed by atoms with Gasteiger partial charge in [-0.15, -0.1) is 0 Å². The number of aromatic nitrogens is 2. The number of hydrogen-bond donors (Lipinski definition) is 1. The molecule has 0 radical (unpaired) electrons. The Kier molecular flexibility index (Phi) is 2.93. The first-order valence-electron chi connectivity index (χ1n) is 4.66. The fraction of sp³-hybridized carbons (Fsp3) is 0.500. The molecule has 0 amide bonds. The quantitative estimate of drug-likeness (QED) is 0.746. The Labute approximate surface area is 88.9 Å². The fourth-order valence-corrected chi connectivity index (χ4v) is 1.09. The summed E-state index contributed by atoms with van der Waals surface area (Å²) in [5.41, 5.74) is -0.138. The van der Waals surface area contributed by atoms with Gasteiger partial charge < -0.3 is 9.88 Å². The van der Waals surface area contributed by atoms with E-state index >= 15 is 0 Å². The van der Waals surface area contributed by atoms with Crippen molar-refractivity contribution in [3.8, 4) is 0 Å². The van der Waals surface area contributed by atoms with Crippen molar-refractivity contribution in [2.24, 2.45) is 4.99 Å². The van der Waals surface area contributed by atoms with Gasteiger partial charge in [-0.3, -0.25) is 9.79 Å². The first-order chi connectivity index (χ1) is 6.88. The molecule has 1 aromatic rings. The summed E-state index contributed by atoms with van der Waals surface area (Å²) < 4.78 is 0. The first kappa shape index (κ1) is 11.4. The Morgan fingerprint density at radius 2 is 2.13 bits per heavy atom. The van der Waals surface area contributed by atoms with Crippen molar-refractivity contribution >= 4 is 18.2 Å². The molecule has 0 bridgehead atoms. The SMILES string of the molecule is C=Nc1c(N(C)C(C)(C)C)nc[nH]c1=O. The number of nitrogens with zero attached hydrogens (tertiary/aromatic N) is 3. The number of anilines is 1. The van der Waals surface area contributed by atoms with Crippen molar-refractivity contribution in [2.75, 3.05) is 11.9 Å². The highest BCUT2D eigenvalue weighted by molar-refractivity contribution is 5.63. The Bertz CT molecular complexity index is 416. The van der Waals surface area contributed by atoms with Gasteiger partial charge in [0.2, 0.25) is 0 Å². The summed E-state index contributed by atoms with van der Waals surface area (Å²) in [6.45, 7) is 9.47. The lowest BCUT2D eigenvalue weighted by molar-refractivity contribution is 0.533. The van der Waals surface area contributed by atoms with Gasteiger partial charge in [0.25, 0.3) is 5.56 Å². The van der Waals surface area contributed by atoms with Gasteiger partial charge in [0.15, 0.2) is 11.5 Å². The summed E-state index contributed by atoms with van der Waals surface area (Å²) in [5, 5.41) is 0. The third-order valence-electron chi connectivity index (χ3n) is 2.29. The van der Waals surface area contributed by atoms with E-state index in [1.165, 1.54) is 6.33 Å². The van der Waals surface area contributed by atoms with Crippen LogP contribution in [0.5, 0.6) is 0 Å². The minimum Gasteiger partial charge on any atom is -0.353 e. The van der Waals surface area contributed by atoms with Gasteiger partial charge in [-0.2, -0.15) is 0 Å². The van der Waals surface area contributed by atoms with Crippen LogP contribution in [0.4, 0.5) is 11.5 Å². The molecule has 1 N–H and O–H groups in total. The van der Waals surface area contributed by atoms with E-state index in [-0.39, 0.29) is 16.8 Å². The average Bonchev–Trinajstić information content (AvgIpc) is 2.14. The van der Waals surface area contributed by atoms with Crippen LogP contribution in [0.15, 0.2) is 16.1 Å². The molecule has 1 aromatic heterocycles. The van der Waals surface area contributed by atoms with Crippen molar-refractivity contribution in [1.82, 2.24) is 9.97 Å². The van der Waals surface area contributed by atoms with Crippen LogP contribution >= 0.6 is 0 Å². The first-order valence-corrected chi connectivity index (χ1v) is 4.66. The summed E-state index contributed by atoms with van der Waals surface area (Å²) in [6.07, 6.45) is 1.37. The van der Waals surface area contributed by atoms with Gasteiger partial charge in [-0.25, -0.2) is 4.98 Å². The Balaban J connectivity index is 3.32. The van der Waals surface area contributed by atoms with Gasteiger partial charge in [0.05, 0.1) is 6.33 Å². The molecular formula is C10H16N4O. The number of aliphatic imine (C=N–C) groups is 1. The molecule has 0 saturated heterocycles. The Morgan fingerprint density at radius 1 is 1.53 bits per heavy atom. The molecule has 15 heavy (non-hydrogen) atoms. The smallest absolute Gasteiger partial charge is 0.278 e. The number of hydrogen-bond acceptors (Lipinski definition) is 4. The zero-order valence-electron chi connectivity index (χ0n) is 9.53. The molecule has 0 saturated carbocycles. The fourth-order valence-electron chi connectivity index (χ4n) is 1.09. The highest BCUT2D eigenvalue weighted by Crippen LogP contribution is 2.25. The van der Waals surface area contributed by atoms with Crippen molar-refractivity contribution < 1.29 is 0 Å². The highest BCUT2D eigenvalue weighted by Gasteiger charge is 2.22. The maximum Gasteiger partial charge on any atom is 0.278 e. The van der Waals surface area contributed by atoms with E-state index < -0.39 is 0 Å². The van der Waals surface area contributed by atoms with Crippen LogP contribution < -0.4 is 10.5 Å². The Hall–Kier alpha value is -1.65. The molecule has 1 rings (SSSR count). The molecule has 5 nitrogen and oxygen atoms in total. The molecule has 0 atom stereocenters. The average molecular weight is 208 g/mol. The number of rotatable bonds is 2. The molecule has 82 valence electrons. The van der Waals surface area contributed by atoms with E-state index in [4.69, 9.17) is 0 Å². The molecule has 5 heteroatoms. The molecule has 0 aliphatic heterocycles.